The third-order valence-electron chi connectivity index (χ3n) is 3.17. The standard InChI is InChI=1S/C13H22N4O/c1-3-4-5-7-15-12-10-9-14-8-6-11(10)16-13(17-12)18-2/h14H,3-9H2,1-2H3,(H,15,16,17). The largest absolute Gasteiger partial charge is 0.467 e. The highest BCUT2D eigenvalue weighted by Gasteiger charge is 2.17. The average molecular weight is 250 g/mol. The zero-order valence-corrected chi connectivity index (χ0v) is 11.3. The molecule has 2 heterocycles. The molecular formula is C13H22N4O. The Morgan fingerprint density at radius 3 is 3.00 bits per heavy atom. The van der Waals surface area contributed by atoms with Gasteiger partial charge in [-0.15, -0.1) is 0 Å². The fourth-order valence-corrected chi connectivity index (χ4v) is 2.14. The third kappa shape index (κ3) is 3.10. The zero-order valence-electron chi connectivity index (χ0n) is 11.3. The van der Waals surface area contributed by atoms with Gasteiger partial charge in [0.1, 0.15) is 5.82 Å². The maximum Gasteiger partial charge on any atom is 0.318 e. The van der Waals surface area contributed by atoms with Crippen LogP contribution in [0, 0.1) is 0 Å². The highest BCUT2D eigenvalue weighted by Crippen LogP contribution is 2.22. The molecule has 0 unspecified atom stereocenters. The summed E-state index contributed by atoms with van der Waals surface area (Å²) in [6.45, 7) is 4.98. The minimum absolute atomic E-state index is 0.466. The number of anilines is 1. The van der Waals surface area contributed by atoms with Crippen LogP contribution in [0.1, 0.15) is 37.4 Å². The molecule has 1 aromatic rings. The van der Waals surface area contributed by atoms with Crippen LogP contribution in [0.3, 0.4) is 0 Å². The Balaban J connectivity index is 2.11. The van der Waals surface area contributed by atoms with E-state index >= 15 is 0 Å². The fraction of sp³-hybridized carbons (Fsp3) is 0.692. The molecule has 0 atom stereocenters. The summed E-state index contributed by atoms with van der Waals surface area (Å²) in [6.07, 6.45) is 4.59. The molecule has 1 aliphatic heterocycles. The lowest BCUT2D eigenvalue weighted by Crippen LogP contribution is -2.26. The van der Waals surface area contributed by atoms with Crippen molar-refractivity contribution in [2.75, 3.05) is 25.5 Å². The Hall–Kier alpha value is -1.36. The van der Waals surface area contributed by atoms with Crippen molar-refractivity contribution in [3.05, 3.63) is 11.3 Å². The highest BCUT2D eigenvalue weighted by molar-refractivity contribution is 5.48. The number of hydrogen-bond acceptors (Lipinski definition) is 5. The second-order valence-electron chi connectivity index (χ2n) is 4.54. The highest BCUT2D eigenvalue weighted by atomic mass is 16.5. The molecule has 5 heteroatoms. The average Bonchev–Trinajstić information content (AvgIpc) is 2.43. The van der Waals surface area contributed by atoms with Crippen LogP contribution >= 0.6 is 0 Å². The van der Waals surface area contributed by atoms with Crippen LogP contribution < -0.4 is 15.4 Å². The number of methoxy groups -OCH3 is 1. The number of ether oxygens (including phenoxy) is 1. The van der Waals surface area contributed by atoms with Crippen LogP contribution in [-0.2, 0) is 13.0 Å². The van der Waals surface area contributed by atoms with Crippen molar-refractivity contribution in [2.24, 2.45) is 0 Å². The van der Waals surface area contributed by atoms with E-state index in [0.29, 0.717) is 6.01 Å². The van der Waals surface area contributed by atoms with Gasteiger partial charge in [0.15, 0.2) is 0 Å². The summed E-state index contributed by atoms with van der Waals surface area (Å²) in [5.74, 6) is 0.931. The van der Waals surface area contributed by atoms with E-state index in [1.54, 1.807) is 7.11 Å². The first kappa shape index (κ1) is 13.1. The number of unbranched alkanes of at least 4 members (excludes halogenated alkanes) is 2. The van der Waals surface area contributed by atoms with Crippen LogP contribution in [0.25, 0.3) is 0 Å². The van der Waals surface area contributed by atoms with E-state index in [1.165, 1.54) is 24.8 Å². The molecule has 1 aliphatic rings. The topological polar surface area (TPSA) is 59.1 Å². The van der Waals surface area contributed by atoms with Gasteiger partial charge in [-0.05, 0) is 6.42 Å². The van der Waals surface area contributed by atoms with Gasteiger partial charge in [0, 0.05) is 31.6 Å². The molecule has 0 spiro atoms. The first-order valence-electron chi connectivity index (χ1n) is 6.73. The van der Waals surface area contributed by atoms with Gasteiger partial charge in [-0.3, -0.25) is 0 Å². The second kappa shape index (κ2) is 6.54. The van der Waals surface area contributed by atoms with E-state index in [4.69, 9.17) is 4.74 Å². The van der Waals surface area contributed by atoms with Crippen LogP contribution in [0.2, 0.25) is 0 Å². The molecule has 0 aliphatic carbocycles. The van der Waals surface area contributed by atoms with E-state index < -0.39 is 0 Å². The van der Waals surface area contributed by atoms with Crippen LogP contribution in [-0.4, -0.2) is 30.2 Å². The number of rotatable bonds is 6. The maximum absolute atomic E-state index is 5.17. The minimum atomic E-state index is 0.466. The lowest BCUT2D eigenvalue weighted by atomic mass is 10.1. The molecule has 0 aromatic carbocycles. The molecule has 0 fully saturated rings. The Morgan fingerprint density at radius 2 is 2.22 bits per heavy atom. The summed E-state index contributed by atoms with van der Waals surface area (Å²) in [6, 6.07) is 0.466. The molecule has 0 saturated heterocycles. The number of nitrogens with one attached hydrogen (secondary N) is 2. The summed E-state index contributed by atoms with van der Waals surface area (Å²) in [5.41, 5.74) is 2.30. The van der Waals surface area contributed by atoms with Crippen molar-refractivity contribution in [2.45, 2.75) is 39.2 Å². The van der Waals surface area contributed by atoms with Crippen molar-refractivity contribution in [1.82, 2.24) is 15.3 Å². The van der Waals surface area contributed by atoms with Gasteiger partial charge in [-0.1, -0.05) is 19.8 Å². The molecule has 0 bridgehead atoms. The predicted molar refractivity (Wildman–Crippen MR) is 72.0 cm³/mol. The van der Waals surface area contributed by atoms with E-state index in [1.807, 2.05) is 0 Å². The maximum atomic E-state index is 5.17. The lowest BCUT2D eigenvalue weighted by molar-refractivity contribution is 0.376. The zero-order chi connectivity index (χ0) is 12.8. The first-order chi connectivity index (χ1) is 8.85. The van der Waals surface area contributed by atoms with Crippen molar-refractivity contribution >= 4 is 5.82 Å². The van der Waals surface area contributed by atoms with E-state index in [-0.39, 0.29) is 0 Å². The molecule has 0 saturated carbocycles. The Morgan fingerprint density at radius 1 is 1.33 bits per heavy atom. The first-order valence-corrected chi connectivity index (χ1v) is 6.73. The van der Waals surface area contributed by atoms with Crippen LogP contribution in [0.15, 0.2) is 0 Å². The van der Waals surface area contributed by atoms with Gasteiger partial charge < -0.3 is 15.4 Å². The van der Waals surface area contributed by atoms with E-state index in [2.05, 4.69) is 27.5 Å². The summed E-state index contributed by atoms with van der Waals surface area (Å²) < 4.78 is 5.17. The quantitative estimate of drug-likeness (QED) is 0.753. The predicted octanol–water partition coefficient (Wildman–Crippen LogP) is 1.73. The Labute approximate surface area is 108 Å². The monoisotopic (exact) mass is 250 g/mol. The second-order valence-corrected chi connectivity index (χ2v) is 4.54. The molecule has 0 radical (unpaired) electrons. The summed E-state index contributed by atoms with van der Waals surface area (Å²) in [4.78, 5) is 8.84. The van der Waals surface area contributed by atoms with Gasteiger partial charge in [0.05, 0.1) is 12.8 Å². The normalized spacial score (nSPS) is 14.1. The van der Waals surface area contributed by atoms with Crippen molar-refractivity contribution < 1.29 is 4.74 Å². The molecule has 100 valence electrons. The van der Waals surface area contributed by atoms with E-state index in [9.17, 15) is 0 Å². The molecule has 2 N–H and O–H groups in total. The summed E-state index contributed by atoms with van der Waals surface area (Å²) in [5, 5.41) is 6.77. The van der Waals surface area contributed by atoms with Gasteiger partial charge in [-0.2, -0.15) is 9.97 Å². The minimum Gasteiger partial charge on any atom is -0.467 e. The smallest absolute Gasteiger partial charge is 0.318 e. The van der Waals surface area contributed by atoms with Crippen molar-refractivity contribution in [1.29, 1.82) is 0 Å². The molecule has 1 aromatic heterocycles. The molecule has 2 rings (SSSR count). The Kier molecular flexibility index (Phi) is 4.75. The summed E-state index contributed by atoms with van der Waals surface area (Å²) in [7, 11) is 1.61. The number of aromatic nitrogens is 2. The SMILES string of the molecule is CCCCCNc1nc(OC)nc2c1CNCC2. The van der Waals surface area contributed by atoms with Gasteiger partial charge in [-0.25, -0.2) is 0 Å². The van der Waals surface area contributed by atoms with Crippen molar-refractivity contribution in [3.8, 4) is 6.01 Å². The number of hydrogen-bond donors (Lipinski definition) is 2. The third-order valence-corrected chi connectivity index (χ3v) is 3.17. The molecular weight excluding hydrogens is 228 g/mol. The Bertz CT molecular complexity index is 395. The fourth-order valence-electron chi connectivity index (χ4n) is 2.14. The van der Waals surface area contributed by atoms with Crippen LogP contribution in [0.5, 0.6) is 6.01 Å². The number of nitrogens with zero attached hydrogens (tertiary/aromatic N) is 2. The molecule has 5 nitrogen and oxygen atoms in total. The molecule has 18 heavy (non-hydrogen) atoms. The lowest BCUT2D eigenvalue weighted by Gasteiger charge is -2.20. The summed E-state index contributed by atoms with van der Waals surface area (Å²) >= 11 is 0. The number of fused-ring (bicyclic) bond motifs is 1. The van der Waals surface area contributed by atoms with Crippen LogP contribution in [0.4, 0.5) is 5.82 Å². The van der Waals surface area contributed by atoms with Gasteiger partial charge in [0.25, 0.3) is 0 Å². The van der Waals surface area contributed by atoms with Crippen molar-refractivity contribution in [3.63, 3.8) is 0 Å². The van der Waals surface area contributed by atoms with Gasteiger partial charge >= 0.3 is 6.01 Å². The molecule has 0 amide bonds. The van der Waals surface area contributed by atoms with E-state index in [0.717, 1.165) is 37.6 Å². The van der Waals surface area contributed by atoms with Gasteiger partial charge in [0.2, 0.25) is 0 Å².